The minimum atomic E-state index is 0.787. The van der Waals surface area contributed by atoms with Crippen LogP contribution in [-0.2, 0) is 24.5 Å². The van der Waals surface area contributed by atoms with Crippen LogP contribution in [0.2, 0.25) is 0 Å². The zero-order valence-corrected chi connectivity index (χ0v) is 7.97. The van der Waals surface area contributed by atoms with Crippen LogP contribution in [0.4, 0.5) is 0 Å². The highest BCUT2D eigenvalue weighted by atomic mass is 16.5. The Morgan fingerprint density at radius 1 is 1.31 bits per heavy atom. The van der Waals surface area contributed by atoms with E-state index in [0.29, 0.717) is 0 Å². The summed E-state index contributed by atoms with van der Waals surface area (Å²) in [5, 5.41) is 3.31. The highest BCUT2D eigenvalue weighted by molar-refractivity contribution is 5.33. The molecule has 1 aromatic rings. The minimum absolute atomic E-state index is 0.787. The van der Waals surface area contributed by atoms with Gasteiger partial charge in [-0.2, -0.15) is 0 Å². The average molecular weight is 177 g/mol. The third-order valence-corrected chi connectivity index (χ3v) is 2.36. The van der Waals surface area contributed by atoms with E-state index in [2.05, 4.69) is 30.4 Å². The normalized spacial score (nSPS) is 14.5. The van der Waals surface area contributed by atoms with Gasteiger partial charge in [-0.3, -0.25) is 0 Å². The molecule has 13 heavy (non-hydrogen) atoms. The van der Waals surface area contributed by atoms with Crippen LogP contribution < -0.4 is 5.32 Å². The van der Waals surface area contributed by atoms with Gasteiger partial charge in [0.2, 0.25) is 0 Å². The molecule has 2 rings (SSSR count). The summed E-state index contributed by atoms with van der Waals surface area (Å²) in [5.74, 6) is 0. The van der Waals surface area contributed by atoms with Crippen LogP contribution in [-0.4, -0.2) is 6.54 Å². The van der Waals surface area contributed by atoms with Crippen molar-refractivity contribution in [1.82, 2.24) is 5.32 Å². The van der Waals surface area contributed by atoms with Crippen molar-refractivity contribution in [3.63, 3.8) is 0 Å². The van der Waals surface area contributed by atoms with Gasteiger partial charge in [0.25, 0.3) is 0 Å². The first-order chi connectivity index (χ1) is 6.40. The summed E-state index contributed by atoms with van der Waals surface area (Å²) in [5.41, 5.74) is 4.06. The summed E-state index contributed by atoms with van der Waals surface area (Å²) in [6.45, 7) is 5.68. The van der Waals surface area contributed by atoms with E-state index in [1.807, 2.05) is 0 Å². The molecule has 0 bridgehead atoms. The smallest absolute Gasteiger partial charge is 0.0725 e. The second-order valence-corrected chi connectivity index (χ2v) is 3.38. The van der Waals surface area contributed by atoms with Crippen molar-refractivity contribution < 1.29 is 4.74 Å². The number of fused-ring (bicyclic) bond motifs is 1. The largest absolute Gasteiger partial charge is 0.372 e. The van der Waals surface area contributed by atoms with E-state index in [-0.39, 0.29) is 0 Å². The van der Waals surface area contributed by atoms with Crippen molar-refractivity contribution in [2.45, 2.75) is 26.7 Å². The monoisotopic (exact) mass is 177 g/mol. The molecule has 70 valence electrons. The summed E-state index contributed by atoms with van der Waals surface area (Å²) in [4.78, 5) is 0. The third-order valence-electron chi connectivity index (χ3n) is 2.36. The summed E-state index contributed by atoms with van der Waals surface area (Å²) < 4.78 is 5.35. The van der Waals surface area contributed by atoms with Gasteiger partial charge in [0.15, 0.2) is 0 Å². The number of ether oxygens (including phenoxy) is 1. The molecular formula is C11H15NO. The van der Waals surface area contributed by atoms with Crippen molar-refractivity contribution in [2.75, 3.05) is 6.54 Å². The molecule has 0 saturated carbocycles. The van der Waals surface area contributed by atoms with Gasteiger partial charge in [0.05, 0.1) is 13.2 Å². The molecule has 0 amide bonds. The number of nitrogens with one attached hydrogen (secondary N) is 1. The molecule has 1 N–H and O–H groups in total. The molecule has 1 aliphatic heterocycles. The van der Waals surface area contributed by atoms with Crippen LogP contribution in [0.25, 0.3) is 0 Å². The molecule has 1 aromatic carbocycles. The van der Waals surface area contributed by atoms with Gasteiger partial charge in [-0.15, -0.1) is 0 Å². The number of hydrogen-bond donors (Lipinski definition) is 1. The Labute approximate surface area is 78.9 Å². The maximum absolute atomic E-state index is 5.35. The lowest BCUT2D eigenvalue weighted by Crippen LogP contribution is -2.11. The fourth-order valence-electron chi connectivity index (χ4n) is 1.60. The van der Waals surface area contributed by atoms with Crippen molar-refractivity contribution in [1.29, 1.82) is 0 Å². The Bertz CT molecular complexity index is 296. The lowest BCUT2D eigenvalue weighted by Gasteiger charge is -2.03. The molecule has 0 aliphatic carbocycles. The molecule has 2 heteroatoms. The van der Waals surface area contributed by atoms with Crippen molar-refractivity contribution in [3.05, 3.63) is 34.9 Å². The summed E-state index contributed by atoms with van der Waals surface area (Å²) in [7, 11) is 0. The maximum Gasteiger partial charge on any atom is 0.0725 e. The quantitative estimate of drug-likeness (QED) is 0.760. The topological polar surface area (TPSA) is 21.3 Å². The Kier molecular flexibility index (Phi) is 2.62. The Balaban J connectivity index is 2.12. The van der Waals surface area contributed by atoms with Crippen molar-refractivity contribution in [2.24, 2.45) is 0 Å². The summed E-state index contributed by atoms with van der Waals surface area (Å²) in [6.07, 6.45) is 0. The predicted molar refractivity (Wildman–Crippen MR) is 52.3 cm³/mol. The van der Waals surface area contributed by atoms with Crippen LogP contribution in [0, 0.1) is 0 Å². The molecule has 0 fully saturated rings. The van der Waals surface area contributed by atoms with E-state index < -0.39 is 0 Å². The van der Waals surface area contributed by atoms with Crippen LogP contribution in [0.5, 0.6) is 0 Å². The molecule has 2 nitrogen and oxygen atoms in total. The van der Waals surface area contributed by atoms with Crippen LogP contribution >= 0.6 is 0 Å². The zero-order valence-electron chi connectivity index (χ0n) is 7.97. The summed E-state index contributed by atoms with van der Waals surface area (Å²) in [6, 6.07) is 6.59. The van der Waals surface area contributed by atoms with E-state index in [4.69, 9.17) is 4.74 Å². The second-order valence-electron chi connectivity index (χ2n) is 3.38. The first-order valence-corrected chi connectivity index (χ1v) is 4.79. The molecule has 0 radical (unpaired) electrons. The Hall–Kier alpha value is -0.860. The minimum Gasteiger partial charge on any atom is -0.372 e. The Morgan fingerprint density at radius 3 is 3.00 bits per heavy atom. The van der Waals surface area contributed by atoms with Gasteiger partial charge >= 0.3 is 0 Å². The van der Waals surface area contributed by atoms with Crippen molar-refractivity contribution in [3.8, 4) is 0 Å². The number of benzene rings is 1. The van der Waals surface area contributed by atoms with Gasteiger partial charge in [-0.1, -0.05) is 25.1 Å². The van der Waals surface area contributed by atoms with Crippen LogP contribution in [0.3, 0.4) is 0 Å². The zero-order chi connectivity index (χ0) is 9.10. The second kappa shape index (κ2) is 3.90. The summed E-state index contributed by atoms with van der Waals surface area (Å²) >= 11 is 0. The van der Waals surface area contributed by atoms with Gasteiger partial charge in [-0.25, -0.2) is 0 Å². The fraction of sp³-hybridized carbons (Fsp3) is 0.455. The molecule has 0 aromatic heterocycles. The first-order valence-electron chi connectivity index (χ1n) is 4.79. The average Bonchev–Trinajstić information content (AvgIpc) is 2.61. The molecule has 0 saturated heterocycles. The standard InChI is InChI=1S/C11H15NO/c1-2-12-6-9-3-4-10-7-13-8-11(10)5-9/h3-5,12H,2,6-8H2,1H3. The number of rotatable bonds is 3. The van der Waals surface area contributed by atoms with E-state index in [1.165, 1.54) is 16.7 Å². The van der Waals surface area contributed by atoms with Gasteiger partial charge in [0, 0.05) is 6.54 Å². The van der Waals surface area contributed by atoms with Crippen LogP contribution in [0.1, 0.15) is 23.6 Å². The van der Waals surface area contributed by atoms with Gasteiger partial charge in [0.1, 0.15) is 0 Å². The molecule has 0 unspecified atom stereocenters. The van der Waals surface area contributed by atoms with Gasteiger partial charge in [-0.05, 0) is 23.2 Å². The molecule has 1 aliphatic rings. The van der Waals surface area contributed by atoms with Gasteiger partial charge < -0.3 is 10.1 Å². The molecule has 0 spiro atoms. The lowest BCUT2D eigenvalue weighted by molar-refractivity contribution is 0.134. The van der Waals surface area contributed by atoms with E-state index >= 15 is 0 Å². The number of hydrogen-bond acceptors (Lipinski definition) is 2. The maximum atomic E-state index is 5.35. The third kappa shape index (κ3) is 1.90. The van der Waals surface area contributed by atoms with Crippen LogP contribution in [0.15, 0.2) is 18.2 Å². The van der Waals surface area contributed by atoms with E-state index in [9.17, 15) is 0 Å². The van der Waals surface area contributed by atoms with Crippen molar-refractivity contribution >= 4 is 0 Å². The van der Waals surface area contributed by atoms with E-state index in [1.54, 1.807) is 0 Å². The molecular weight excluding hydrogens is 162 g/mol. The Morgan fingerprint density at radius 2 is 2.15 bits per heavy atom. The highest BCUT2D eigenvalue weighted by Crippen LogP contribution is 2.20. The molecule has 0 atom stereocenters. The first kappa shape index (κ1) is 8.73. The van der Waals surface area contributed by atoms with E-state index in [0.717, 1.165) is 26.3 Å². The lowest BCUT2D eigenvalue weighted by atomic mass is 10.1. The SMILES string of the molecule is CCNCc1ccc2c(c1)COC2. The highest BCUT2D eigenvalue weighted by Gasteiger charge is 2.10. The predicted octanol–water partition coefficient (Wildman–Crippen LogP) is 1.83. The fourth-order valence-corrected chi connectivity index (χ4v) is 1.60. The molecule has 1 heterocycles.